The van der Waals surface area contributed by atoms with Gasteiger partial charge < -0.3 is 4.18 Å². The molecule has 5 nitrogen and oxygen atoms in total. The van der Waals surface area contributed by atoms with E-state index in [0.717, 1.165) is 0 Å². The summed E-state index contributed by atoms with van der Waals surface area (Å²) >= 11 is 0. The quantitative estimate of drug-likeness (QED) is 0.709. The third kappa shape index (κ3) is 3.11. The van der Waals surface area contributed by atoms with Gasteiger partial charge in [-0.05, 0) is 18.2 Å². The number of rotatable bonds is 2. The second-order valence-electron chi connectivity index (χ2n) is 2.15. The van der Waals surface area contributed by atoms with E-state index in [4.69, 9.17) is 9.81 Å². The molecule has 1 rings (SSSR count). The summed E-state index contributed by atoms with van der Waals surface area (Å²) in [5.74, 6) is -0.0958. The van der Waals surface area contributed by atoms with Gasteiger partial charge in [0.15, 0.2) is 0 Å². The Morgan fingerprint density at radius 2 is 2.15 bits per heavy atom. The fourth-order valence-corrected chi connectivity index (χ4v) is 1.09. The number of hydrogen-bond acceptors (Lipinski definition) is 4. The molecule has 1 N–H and O–H groups in total. The zero-order valence-electron chi connectivity index (χ0n) is 6.34. The molecule has 0 radical (unpaired) electrons. The summed E-state index contributed by atoms with van der Waals surface area (Å²) in [6, 6.07) is 7.24. The van der Waals surface area contributed by atoms with Crippen LogP contribution in [0, 0.1) is 11.3 Å². The smallest absolute Gasteiger partial charge is 0.362 e. The summed E-state index contributed by atoms with van der Waals surface area (Å²) in [5, 5.41) is 8.44. The molecule has 0 unspecified atom stereocenters. The van der Waals surface area contributed by atoms with E-state index in [1.165, 1.54) is 24.3 Å². The Morgan fingerprint density at radius 3 is 2.69 bits per heavy atom. The van der Waals surface area contributed by atoms with Crippen LogP contribution in [0.2, 0.25) is 0 Å². The maximum atomic E-state index is 10.3. The highest BCUT2D eigenvalue weighted by atomic mass is 32.3. The molecule has 0 fully saturated rings. The lowest BCUT2D eigenvalue weighted by molar-refractivity contribution is 0.387. The third-order valence-electron chi connectivity index (χ3n) is 1.16. The SMILES string of the molecule is N#Cc1cccc(OS(=O)(=O)O)c1. The molecule has 0 saturated carbocycles. The summed E-state index contributed by atoms with van der Waals surface area (Å²) in [7, 11) is -4.51. The molecule has 0 aliphatic carbocycles. The van der Waals surface area contributed by atoms with E-state index in [1.807, 2.05) is 0 Å². The Labute approximate surface area is 75.1 Å². The van der Waals surface area contributed by atoms with Gasteiger partial charge in [0.25, 0.3) is 0 Å². The van der Waals surface area contributed by atoms with Crippen molar-refractivity contribution in [3.05, 3.63) is 29.8 Å². The molecule has 0 heterocycles. The second kappa shape index (κ2) is 3.43. The van der Waals surface area contributed by atoms with Gasteiger partial charge in [-0.15, -0.1) is 0 Å². The summed E-state index contributed by atoms with van der Waals surface area (Å²) in [6.07, 6.45) is 0. The highest BCUT2D eigenvalue weighted by Crippen LogP contribution is 2.13. The zero-order valence-corrected chi connectivity index (χ0v) is 7.15. The van der Waals surface area contributed by atoms with Gasteiger partial charge in [0.05, 0.1) is 11.6 Å². The molecule has 0 aliphatic rings. The first-order valence-electron chi connectivity index (χ1n) is 3.18. The van der Waals surface area contributed by atoms with E-state index < -0.39 is 10.4 Å². The number of nitriles is 1. The molecule has 68 valence electrons. The van der Waals surface area contributed by atoms with Crippen LogP contribution in [0.1, 0.15) is 5.56 Å². The Bertz CT molecular complexity index is 446. The fourth-order valence-electron chi connectivity index (χ4n) is 0.739. The first-order valence-corrected chi connectivity index (χ1v) is 4.55. The Kier molecular flexibility index (Phi) is 2.51. The molecule has 6 heteroatoms. The van der Waals surface area contributed by atoms with E-state index in [2.05, 4.69) is 4.18 Å². The van der Waals surface area contributed by atoms with Crippen molar-refractivity contribution in [3.63, 3.8) is 0 Å². The average molecular weight is 199 g/mol. The van der Waals surface area contributed by atoms with Crippen LogP contribution in [0.25, 0.3) is 0 Å². The van der Waals surface area contributed by atoms with Gasteiger partial charge in [-0.3, -0.25) is 4.55 Å². The summed E-state index contributed by atoms with van der Waals surface area (Å²) in [5.41, 5.74) is 0.251. The van der Waals surface area contributed by atoms with Crippen LogP contribution in [-0.4, -0.2) is 13.0 Å². The summed E-state index contributed by atoms with van der Waals surface area (Å²) < 4.78 is 32.9. The average Bonchev–Trinajstić information content (AvgIpc) is 2.01. The van der Waals surface area contributed by atoms with Crippen LogP contribution in [0.5, 0.6) is 5.75 Å². The van der Waals surface area contributed by atoms with E-state index in [9.17, 15) is 8.42 Å². The Morgan fingerprint density at radius 1 is 1.46 bits per heavy atom. The van der Waals surface area contributed by atoms with Crippen LogP contribution in [0.15, 0.2) is 24.3 Å². The lowest BCUT2D eigenvalue weighted by atomic mass is 10.2. The molecule has 0 amide bonds. The molecule has 0 atom stereocenters. The Hall–Kier alpha value is -1.58. The van der Waals surface area contributed by atoms with Crippen LogP contribution in [-0.2, 0) is 10.4 Å². The predicted molar refractivity (Wildman–Crippen MR) is 43.3 cm³/mol. The topological polar surface area (TPSA) is 87.4 Å². The zero-order chi connectivity index (χ0) is 9.90. The molecule has 0 saturated heterocycles. The molecule has 0 aliphatic heterocycles. The maximum absolute atomic E-state index is 10.3. The van der Waals surface area contributed by atoms with Crippen molar-refractivity contribution in [1.29, 1.82) is 5.26 Å². The van der Waals surface area contributed by atoms with Gasteiger partial charge in [0.1, 0.15) is 5.75 Å². The van der Waals surface area contributed by atoms with Gasteiger partial charge in [0, 0.05) is 0 Å². The first-order chi connectivity index (χ1) is 6.01. The van der Waals surface area contributed by atoms with Gasteiger partial charge in [-0.1, -0.05) is 6.07 Å². The molecule has 0 spiro atoms. The molecular weight excluding hydrogens is 194 g/mol. The molecule has 1 aromatic rings. The van der Waals surface area contributed by atoms with Crippen LogP contribution >= 0.6 is 0 Å². The number of nitrogens with zero attached hydrogens (tertiary/aromatic N) is 1. The van der Waals surface area contributed by atoms with Crippen molar-refractivity contribution in [3.8, 4) is 11.8 Å². The van der Waals surface area contributed by atoms with Crippen LogP contribution in [0.4, 0.5) is 0 Å². The Balaban J connectivity index is 2.99. The van der Waals surface area contributed by atoms with Crippen molar-refractivity contribution in [1.82, 2.24) is 0 Å². The molecular formula is C7H5NO4S. The summed E-state index contributed by atoms with van der Waals surface area (Å²) in [6.45, 7) is 0. The highest BCUT2D eigenvalue weighted by Gasteiger charge is 2.06. The number of hydrogen-bond donors (Lipinski definition) is 1. The minimum Gasteiger partial charge on any atom is -0.362 e. The standard InChI is InChI=1S/C7H5NO4S/c8-5-6-2-1-3-7(4-6)12-13(9,10)11/h1-4H,(H,9,10,11). The minimum absolute atomic E-state index is 0.0958. The highest BCUT2D eigenvalue weighted by molar-refractivity contribution is 7.81. The second-order valence-corrected chi connectivity index (χ2v) is 3.17. The van der Waals surface area contributed by atoms with E-state index >= 15 is 0 Å². The molecule has 13 heavy (non-hydrogen) atoms. The first kappa shape index (κ1) is 9.51. The monoisotopic (exact) mass is 199 g/mol. The lowest BCUT2D eigenvalue weighted by Crippen LogP contribution is -2.06. The van der Waals surface area contributed by atoms with Crippen LogP contribution in [0.3, 0.4) is 0 Å². The number of benzene rings is 1. The van der Waals surface area contributed by atoms with Crippen molar-refractivity contribution in [2.45, 2.75) is 0 Å². The van der Waals surface area contributed by atoms with Crippen molar-refractivity contribution in [2.75, 3.05) is 0 Å². The molecule has 0 aromatic heterocycles. The van der Waals surface area contributed by atoms with E-state index in [0.29, 0.717) is 0 Å². The lowest BCUT2D eigenvalue weighted by Gasteiger charge is -1.99. The van der Waals surface area contributed by atoms with Gasteiger partial charge in [-0.25, -0.2) is 0 Å². The van der Waals surface area contributed by atoms with Gasteiger partial charge in [0.2, 0.25) is 0 Å². The van der Waals surface area contributed by atoms with Crippen LogP contribution < -0.4 is 4.18 Å². The normalized spacial score (nSPS) is 10.5. The van der Waals surface area contributed by atoms with Crippen molar-refractivity contribution < 1.29 is 17.2 Å². The maximum Gasteiger partial charge on any atom is 0.446 e. The van der Waals surface area contributed by atoms with Gasteiger partial charge in [-0.2, -0.15) is 13.7 Å². The third-order valence-corrected chi connectivity index (χ3v) is 1.57. The minimum atomic E-state index is -4.51. The molecule has 0 bridgehead atoms. The van der Waals surface area contributed by atoms with Gasteiger partial charge >= 0.3 is 10.4 Å². The van der Waals surface area contributed by atoms with E-state index in [-0.39, 0.29) is 11.3 Å². The van der Waals surface area contributed by atoms with Crippen molar-refractivity contribution >= 4 is 10.4 Å². The molecule has 1 aromatic carbocycles. The van der Waals surface area contributed by atoms with E-state index in [1.54, 1.807) is 6.07 Å². The van der Waals surface area contributed by atoms with Crippen molar-refractivity contribution in [2.24, 2.45) is 0 Å². The summed E-state index contributed by atoms with van der Waals surface area (Å²) in [4.78, 5) is 0. The fraction of sp³-hybridized carbons (Fsp3) is 0. The largest absolute Gasteiger partial charge is 0.446 e. The predicted octanol–water partition coefficient (Wildman–Crippen LogP) is 0.740.